The zero-order valence-electron chi connectivity index (χ0n) is 32.7. The molecule has 0 aliphatic carbocycles. The van der Waals surface area contributed by atoms with Crippen molar-refractivity contribution in [2.24, 2.45) is 22.9 Å². The molecular formula is C39H53N7O7S. The summed E-state index contributed by atoms with van der Waals surface area (Å²) >= 11 is 0. The fraction of sp³-hybridized carbons (Fsp3) is 0.538. The van der Waals surface area contributed by atoms with Crippen LogP contribution in [0.15, 0.2) is 58.7 Å². The number of hydrogen-bond acceptors (Lipinski definition) is 8. The van der Waals surface area contributed by atoms with Crippen molar-refractivity contribution in [1.82, 2.24) is 19.9 Å². The summed E-state index contributed by atoms with van der Waals surface area (Å²) in [6.07, 6.45) is 1.48. The zero-order valence-corrected chi connectivity index (χ0v) is 33.5. The fourth-order valence-corrected chi connectivity index (χ4v) is 8.13. The number of rotatable bonds is 8. The zero-order chi connectivity index (χ0) is 40.3. The highest BCUT2D eigenvalue weighted by Crippen LogP contribution is 2.36. The van der Waals surface area contributed by atoms with Crippen LogP contribution in [0.1, 0.15) is 91.3 Å². The molecule has 2 aliphatic rings. The molecule has 0 saturated heterocycles. The summed E-state index contributed by atoms with van der Waals surface area (Å²) < 4.78 is 35.6. The third kappa shape index (κ3) is 9.61. The van der Waals surface area contributed by atoms with Crippen molar-refractivity contribution in [3.8, 4) is 0 Å². The number of benzene rings is 2. The molecule has 54 heavy (non-hydrogen) atoms. The van der Waals surface area contributed by atoms with Crippen molar-refractivity contribution in [3.63, 3.8) is 0 Å². The molecule has 2 aliphatic heterocycles. The maximum absolute atomic E-state index is 14.4. The van der Waals surface area contributed by atoms with Crippen molar-refractivity contribution in [2.45, 2.75) is 123 Å². The van der Waals surface area contributed by atoms with Crippen LogP contribution in [0.3, 0.4) is 0 Å². The Kier molecular flexibility index (Phi) is 12.9. The average Bonchev–Trinajstić information content (AvgIpc) is 3.43. The molecule has 0 unspecified atom stereocenters. The number of hydrogen-bond donors (Lipinski definition) is 3. The molecule has 3 aromatic rings. The van der Waals surface area contributed by atoms with Gasteiger partial charge in [0.05, 0.1) is 10.4 Å². The number of fused-ring (bicyclic) bond motifs is 12. The van der Waals surface area contributed by atoms with Gasteiger partial charge in [-0.05, 0) is 86.7 Å². The first-order chi connectivity index (χ1) is 25.1. The minimum Gasteiger partial charge on any atom is -0.458 e. The van der Waals surface area contributed by atoms with Crippen LogP contribution in [-0.2, 0) is 40.4 Å². The van der Waals surface area contributed by atoms with Crippen LogP contribution in [0, 0.1) is 24.7 Å². The van der Waals surface area contributed by atoms with Gasteiger partial charge >= 0.3 is 5.97 Å². The van der Waals surface area contributed by atoms with Gasteiger partial charge < -0.3 is 20.7 Å². The van der Waals surface area contributed by atoms with Crippen LogP contribution in [0.2, 0.25) is 0 Å². The van der Waals surface area contributed by atoms with Crippen molar-refractivity contribution >= 4 is 44.6 Å². The average molecular weight is 764 g/mol. The lowest BCUT2D eigenvalue weighted by Crippen LogP contribution is -2.58. The number of carbonyl (C=O) groups is 4. The number of nitrogens with zero attached hydrogens (tertiary/aromatic N) is 4. The van der Waals surface area contributed by atoms with E-state index in [1.165, 1.54) is 18.3 Å². The lowest BCUT2D eigenvalue weighted by molar-refractivity contribution is -0.158. The van der Waals surface area contributed by atoms with Crippen LogP contribution >= 0.6 is 0 Å². The lowest BCUT2D eigenvalue weighted by Gasteiger charge is -2.30. The molecule has 3 amide bonds. The largest absolute Gasteiger partial charge is 0.458 e. The summed E-state index contributed by atoms with van der Waals surface area (Å²) in [4.78, 5) is 58.9. The Morgan fingerprint density at radius 1 is 0.944 bits per heavy atom. The second kappa shape index (κ2) is 16.6. The summed E-state index contributed by atoms with van der Waals surface area (Å²) in [6.45, 7) is 17.9. The third-order valence-corrected chi connectivity index (χ3v) is 11.1. The number of ether oxygens (including phenoxy) is 1. The number of amides is 3. The summed E-state index contributed by atoms with van der Waals surface area (Å²) in [5, 5.41) is 12.8. The van der Waals surface area contributed by atoms with Crippen LogP contribution in [0.4, 0.5) is 0 Å². The van der Waals surface area contributed by atoms with E-state index in [0.29, 0.717) is 16.5 Å². The van der Waals surface area contributed by atoms with Gasteiger partial charge in [0.15, 0.2) is 0 Å². The molecule has 14 nitrogen and oxygen atoms in total. The minimum absolute atomic E-state index is 0.0274. The van der Waals surface area contributed by atoms with Crippen LogP contribution < -0.4 is 16.0 Å². The van der Waals surface area contributed by atoms with Gasteiger partial charge in [0.25, 0.3) is 10.0 Å². The molecule has 0 fully saturated rings. The van der Waals surface area contributed by atoms with Crippen LogP contribution in [0.25, 0.3) is 21.3 Å². The fourth-order valence-electron chi connectivity index (χ4n) is 6.75. The van der Waals surface area contributed by atoms with Gasteiger partial charge in [-0.2, -0.15) is 0 Å². The topological polar surface area (TPSA) is 201 Å². The van der Waals surface area contributed by atoms with E-state index in [4.69, 9.17) is 4.74 Å². The van der Waals surface area contributed by atoms with E-state index in [-0.39, 0.29) is 35.1 Å². The van der Waals surface area contributed by atoms with Crippen LogP contribution in [-0.4, -0.2) is 65.8 Å². The Bertz CT molecular complexity index is 2040. The highest BCUT2D eigenvalue weighted by molar-refractivity contribution is 7.90. The first kappa shape index (κ1) is 41.9. The number of aromatic nitrogens is 1. The molecule has 5 atom stereocenters. The number of nitrogens with one attached hydrogen (secondary N) is 3. The second-order valence-corrected chi connectivity index (χ2v) is 18.0. The van der Waals surface area contributed by atoms with Crippen LogP contribution in [0.5, 0.6) is 0 Å². The first-order valence-corrected chi connectivity index (χ1v) is 19.7. The number of esters is 1. The van der Waals surface area contributed by atoms with E-state index in [1.54, 1.807) is 65.0 Å². The maximum atomic E-state index is 14.4. The highest BCUT2D eigenvalue weighted by Gasteiger charge is 2.38. The second-order valence-electron chi connectivity index (χ2n) is 16.2. The van der Waals surface area contributed by atoms with Crippen molar-refractivity contribution in [1.29, 1.82) is 0 Å². The summed E-state index contributed by atoms with van der Waals surface area (Å²) in [5.74, 6) is -4.29. The quantitative estimate of drug-likeness (QED) is 0.0864. The highest BCUT2D eigenvalue weighted by atomic mass is 32.2. The molecule has 4 bridgehead atoms. The molecule has 3 heterocycles. The summed E-state index contributed by atoms with van der Waals surface area (Å²) in [6, 6.07) is 6.64. The van der Waals surface area contributed by atoms with E-state index < -0.39 is 75.3 Å². The normalized spacial score (nSPS) is 21.9. The lowest BCUT2D eigenvalue weighted by atomic mass is 9.81. The summed E-state index contributed by atoms with van der Waals surface area (Å²) in [5.41, 5.74) is 10.8. The van der Waals surface area contributed by atoms with E-state index >= 15 is 0 Å². The number of carbonyl (C=O) groups excluding carboxylic acids is 4. The van der Waals surface area contributed by atoms with Gasteiger partial charge in [-0.15, -0.1) is 0 Å². The van der Waals surface area contributed by atoms with Crippen molar-refractivity contribution < 1.29 is 32.3 Å². The van der Waals surface area contributed by atoms with Crippen molar-refractivity contribution in [3.05, 3.63) is 75.8 Å². The Morgan fingerprint density at radius 3 is 2.15 bits per heavy atom. The Morgan fingerprint density at radius 2 is 1.59 bits per heavy atom. The molecule has 3 N–H and O–H groups in total. The molecule has 2 aromatic carbocycles. The standard InChI is InChI=1S/C39H53N7O7S/c1-21(2)17-29-35(47)43-33(23(5)6)36(48)42-30(38(50)53-39(8,9)10)18-26-20-46(54(51,52)27-14-11-24(7)12-15-27)31-19-25(13-16-28(26)31)32(22(3)4)34(44-45-40)37(49)41-29/h11-16,19-23,29-30,32-34H,17-18H2,1-10H3,(H,41,49)(H,42,48)(H,43,47)/t29-,30-,32+,33-,34-/m0/s1. The predicted octanol–water partition coefficient (Wildman–Crippen LogP) is 5.66. The van der Waals surface area contributed by atoms with Gasteiger partial charge in [0, 0.05) is 28.8 Å². The summed E-state index contributed by atoms with van der Waals surface area (Å²) in [7, 11) is -4.22. The molecule has 0 spiro atoms. The van der Waals surface area contributed by atoms with Gasteiger partial charge in [-0.1, -0.05) is 76.5 Å². The predicted molar refractivity (Wildman–Crippen MR) is 206 cm³/mol. The maximum Gasteiger partial charge on any atom is 0.329 e. The van der Waals surface area contributed by atoms with E-state index in [2.05, 4.69) is 26.0 Å². The molecule has 292 valence electrons. The van der Waals surface area contributed by atoms with E-state index in [1.807, 2.05) is 34.6 Å². The Hall–Kier alpha value is -4.88. The third-order valence-electron chi connectivity index (χ3n) is 9.36. The van der Waals surface area contributed by atoms with E-state index in [9.17, 15) is 33.1 Å². The Balaban J connectivity index is 2.06. The van der Waals surface area contributed by atoms with Gasteiger partial charge in [0.2, 0.25) is 17.7 Å². The van der Waals surface area contributed by atoms with Gasteiger partial charge in [0.1, 0.15) is 29.8 Å². The first-order valence-electron chi connectivity index (χ1n) is 18.3. The van der Waals surface area contributed by atoms with Gasteiger partial charge in [-0.3, -0.25) is 14.4 Å². The van der Waals surface area contributed by atoms with E-state index in [0.717, 1.165) is 9.54 Å². The van der Waals surface area contributed by atoms with Crippen molar-refractivity contribution in [2.75, 3.05) is 0 Å². The molecular weight excluding hydrogens is 711 g/mol. The molecule has 15 heteroatoms. The minimum atomic E-state index is -4.22. The molecule has 1 aromatic heterocycles. The number of aryl methyl sites for hydroxylation is 1. The van der Waals surface area contributed by atoms with Gasteiger partial charge in [-0.25, -0.2) is 17.2 Å². The molecule has 0 radical (unpaired) electrons. The SMILES string of the molecule is Cc1ccc(S(=O)(=O)n2cc3c4ccc(cc42)[C@@H](C(C)C)[C@H](N=[N+]=[N-])C(=O)N[C@@H](CC(C)C)C(=O)N[C@@H](C(C)C)C(=O)N[C@H](C(=O)OC(C)(C)C)C3)cc1. The number of azide groups is 1. The monoisotopic (exact) mass is 763 g/mol. The molecule has 5 rings (SSSR count). The molecule has 0 saturated carbocycles. The smallest absolute Gasteiger partial charge is 0.329 e. The Labute approximate surface area is 317 Å².